The second-order valence-corrected chi connectivity index (χ2v) is 9.67. The van der Waals surface area contributed by atoms with Crippen LogP contribution in [0.3, 0.4) is 0 Å². The fourth-order valence-electron chi connectivity index (χ4n) is 4.48. The lowest BCUT2D eigenvalue weighted by Crippen LogP contribution is -2.48. The van der Waals surface area contributed by atoms with E-state index in [1.165, 1.54) is 10.9 Å². The van der Waals surface area contributed by atoms with Gasteiger partial charge in [0.25, 0.3) is 0 Å². The predicted octanol–water partition coefficient (Wildman–Crippen LogP) is 3.90. The zero-order valence-electron chi connectivity index (χ0n) is 19.4. The van der Waals surface area contributed by atoms with E-state index in [4.69, 9.17) is 0 Å². The summed E-state index contributed by atoms with van der Waals surface area (Å²) < 4.78 is 16.3. The largest absolute Gasteiger partial charge is 0.378 e. The van der Waals surface area contributed by atoms with Gasteiger partial charge in [-0.05, 0) is 51.7 Å². The molecule has 7 nitrogen and oxygen atoms in total. The van der Waals surface area contributed by atoms with Crippen molar-refractivity contribution >= 4 is 22.7 Å². The average molecular weight is 478 g/mol. The Balaban J connectivity index is 1.44. The Hall–Kier alpha value is -3.30. The van der Waals surface area contributed by atoms with Crippen LogP contribution in [0.4, 0.5) is 15.8 Å². The van der Waals surface area contributed by atoms with E-state index in [0.29, 0.717) is 12.2 Å². The van der Waals surface area contributed by atoms with Crippen LogP contribution in [0.15, 0.2) is 66.0 Å². The molecular weight excluding hydrogens is 449 g/mol. The molecule has 5 rings (SSSR count). The highest BCUT2D eigenvalue weighted by Crippen LogP contribution is 2.31. The topological polar surface area (TPSA) is 53.3 Å². The van der Waals surface area contributed by atoms with Crippen molar-refractivity contribution in [3.05, 3.63) is 88.1 Å². The molecule has 0 aliphatic carbocycles. The van der Waals surface area contributed by atoms with Crippen molar-refractivity contribution in [1.82, 2.24) is 25.1 Å². The Labute approximate surface area is 203 Å². The summed E-state index contributed by atoms with van der Waals surface area (Å²) in [7, 11) is 4.08. The van der Waals surface area contributed by atoms with E-state index in [-0.39, 0.29) is 11.9 Å². The number of halogens is 1. The molecule has 0 spiro atoms. The lowest BCUT2D eigenvalue weighted by Gasteiger charge is -2.40. The highest BCUT2D eigenvalue weighted by Gasteiger charge is 2.31. The number of piperazine rings is 1. The molecule has 1 aliphatic rings. The second-order valence-electron chi connectivity index (χ2n) is 8.64. The number of anilines is 2. The Morgan fingerprint density at radius 1 is 0.971 bits per heavy atom. The Morgan fingerprint density at radius 2 is 1.74 bits per heavy atom. The summed E-state index contributed by atoms with van der Waals surface area (Å²) >= 11 is 1.70. The summed E-state index contributed by atoms with van der Waals surface area (Å²) in [4.78, 5) is 7.82. The van der Waals surface area contributed by atoms with Crippen LogP contribution in [0.2, 0.25) is 0 Å². The molecule has 2 aromatic carbocycles. The standard InChI is InChI=1S/C25H28FN7S/c1-30(2)20-11-9-19(10-12-20)24(25-27-28-29-33(25)18-21-6-5-17-34-21)32-15-13-31(14-16-32)23-8-4-3-7-22(23)26/h3-12,17,24H,13-16,18H2,1-2H3. The molecule has 34 heavy (non-hydrogen) atoms. The van der Waals surface area contributed by atoms with E-state index >= 15 is 0 Å². The molecule has 0 saturated carbocycles. The molecule has 1 saturated heterocycles. The van der Waals surface area contributed by atoms with Gasteiger partial charge in [-0.1, -0.05) is 30.3 Å². The molecule has 3 heterocycles. The van der Waals surface area contributed by atoms with Gasteiger partial charge in [-0.15, -0.1) is 16.4 Å². The van der Waals surface area contributed by atoms with Crippen LogP contribution in [-0.4, -0.2) is 65.4 Å². The molecule has 2 aromatic heterocycles. The van der Waals surface area contributed by atoms with Crippen molar-refractivity contribution in [2.75, 3.05) is 50.1 Å². The summed E-state index contributed by atoms with van der Waals surface area (Å²) in [5.74, 6) is 0.650. The number of thiophene rings is 1. The number of rotatable bonds is 7. The first-order valence-electron chi connectivity index (χ1n) is 11.4. The molecule has 9 heteroatoms. The van der Waals surface area contributed by atoms with Gasteiger partial charge in [0, 0.05) is 50.8 Å². The minimum Gasteiger partial charge on any atom is -0.378 e. The summed E-state index contributed by atoms with van der Waals surface area (Å²) in [6, 6.07) is 19.6. The van der Waals surface area contributed by atoms with Crippen LogP contribution in [0.25, 0.3) is 0 Å². The van der Waals surface area contributed by atoms with Crippen LogP contribution >= 0.6 is 11.3 Å². The quantitative estimate of drug-likeness (QED) is 0.403. The lowest BCUT2D eigenvalue weighted by atomic mass is 10.0. The average Bonchev–Trinajstić information content (AvgIpc) is 3.54. The second kappa shape index (κ2) is 9.90. The minimum atomic E-state index is -0.174. The number of para-hydroxylation sites is 1. The molecule has 0 amide bonds. The number of aromatic nitrogens is 4. The van der Waals surface area contributed by atoms with Crippen molar-refractivity contribution in [2.45, 2.75) is 12.6 Å². The minimum absolute atomic E-state index is 0.0889. The Bertz CT molecular complexity index is 1200. The summed E-state index contributed by atoms with van der Waals surface area (Å²) in [5, 5.41) is 14.9. The monoisotopic (exact) mass is 477 g/mol. The molecule has 176 valence electrons. The smallest absolute Gasteiger partial charge is 0.173 e. The third-order valence-corrected chi connectivity index (χ3v) is 7.15. The van der Waals surface area contributed by atoms with Crippen molar-refractivity contribution in [2.24, 2.45) is 0 Å². The molecule has 1 atom stereocenters. The van der Waals surface area contributed by atoms with Gasteiger partial charge >= 0.3 is 0 Å². The van der Waals surface area contributed by atoms with Gasteiger partial charge < -0.3 is 9.80 Å². The number of tetrazole rings is 1. The van der Waals surface area contributed by atoms with Gasteiger partial charge in [-0.3, -0.25) is 4.90 Å². The lowest BCUT2D eigenvalue weighted by molar-refractivity contribution is 0.201. The molecule has 0 bridgehead atoms. The normalized spacial score (nSPS) is 15.4. The highest BCUT2D eigenvalue weighted by atomic mass is 32.1. The van der Waals surface area contributed by atoms with Crippen LogP contribution in [0, 0.1) is 5.82 Å². The highest BCUT2D eigenvalue weighted by molar-refractivity contribution is 7.09. The van der Waals surface area contributed by atoms with Gasteiger partial charge in [0.1, 0.15) is 5.82 Å². The molecule has 1 unspecified atom stereocenters. The molecule has 0 radical (unpaired) electrons. The maximum Gasteiger partial charge on any atom is 0.173 e. The summed E-state index contributed by atoms with van der Waals surface area (Å²) in [6.45, 7) is 3.67. The van der Waals surface area contributed by atoms with E-state index in [1.807, 2.05) is 37.0 Å². The van der Waals surface area contributed by atoms with Crippen molar-refractivity contribution in [1.29, 1.82) is 0 Å². The third kappa shape index (κ3) is 4.67. The predicted molar refractivity (Wildman–Crippen MR) is 134 cm³/mol. The number of benzene rings is 2. The maximum absolute atomic E-state index is 14.4. The maximum atomic E-state index is 14.4. The van der Waals surface area contributed by atoms with Crippen LogP contribution in [0.5, 0.6) is 0 Å². The fourth-order valence-corrected chi connectivity index (χ4v) is 5.16. The SMILES string of the molecule is CN(C)c1ccc(C(c2nnnn2Cc2cccs2)N2CCN(c3ccccc3F)CC2)cc1. The molecule has 1 fully saturated rings. The number of nitrogens with zero attached hydrogens (tertiary/aromatic N) is 7. The van der Waals surface area contributed by atoms with Crippen LogP contribution < -0.4 is 9.80 Å². The zero-order chi connectivity index (χ0) is 23.5. The van der Waals surface area contributed by atoms with Crippen molar-refractivity contribution < 1.29 is 4.39 Å². The van der Waals surface area contributed by atoms with Gasteiger partial charge in [-0.2, -0.15) is 0 Å². The first kappa shape index (κ1) is 22.5. The molecular formula is C25H28FN7S. The van der Waals surface area contributed by atoms with Crippen molar-refractivity contribution in [3.8, 4) is 0 Å². The molecule has 4 aromatic rings. The van der Waals surface area contributed by atoms with E-state index in [2.05, 4.69) is 65.9 Å². The number of hydrogen-bond donors (Lipinski definition) is 0. The Morgan fingerprint density at radius 3 is 2.41 bits per heavy atom. The zero-order valence-corrected chi connectivity index (χ0v) is 20.2. The van der Waals surface area contributed by atoms with Gasteiger partial charge in [0.2, 0.25) is 0 Å². The van der Waals surface area contributed by atoms with E-state index in [0.717, 1.165) is 43.3 Å². The Kier molecular flexibility index (Phi) is 6.55. The van der Waals surface area contributed by atoms with E-state index in [9.17, 15) is 4.39 Å². The third-order valence-electron chi connectivity index (χ3n) is 6.29. The molecule has 0 N–H and O–H groups in total. The van der Waals surface area contributed by atoms with Gasteiger partial charge in [0.05, 0.1) is 18.3 Å². The van der Waals surface area contributed by atoms with Gasteiger partial charge in [0.15, 0.2) is 5.82 Å². The first-order valence-corrected chi connectivity index (χ1v) is 12.3. The molecule has 1 aliphatic heterocycles. The van der Waals surface area contributed by atoms with Crippen LogP contribution in [0.1, 0.15) is 22.3 Å². The van der Waals surface area contributed by atoms with E-state index < -0.39 is 0 Å². The summed E-state index contributed by atoms with van der Waals surface area (Å²) in [6.07, 6.45) is 0. The van der Waals surface area contributed by atoms with Crippen LogP contribution in [-0.2, 0) is 6.54 Å². The van der Waals surface area contributed by atoms with Gasteiger partial charge in [-0.25, -0.2) is 9.07 Å². The van der Waals surface area contributed by atoms with E-state index in [1.54, 1.807) is 17.4 Å². The van der Waals surface area contributed by atoms with Crippen molar-refractivity contribution in [3.63, 3.8) is 0 Å². The fraction of sp³-hybridized carbons (Fsp3) is 0.320. The first-order chi connectivity index (χ1) is 16.6. The summed E-state index contributed by atoms with van der Waals surface area (Å²) in [5.41, 5.74) is 2.95. The number of hydrogen-bond acceptors (Lipinski definition) is 7.